The van der Waals surface area contributed by atoms with Gasteiger partial charge in [-0.3, -0.25) is 0 Å². The fourth-order valence-corrected chi connectivity index (χ4v) is 1.44. The van der Waals surface area contributed by atoms with Crippen molar-refractivity contribution in [3.8, 4) is 0 Å². The Balaban J connectivity index is -0.000000133. The van der Waals surface area contributed by atoms with Crippen LogP contribution in [0.25, 0.3) is 16.8 Å². The third kappa shape index (κ3) is 22.7. The summed E-state index contributed by atoms with van der Waals surface area (Å²) in [5.41, 5.74) is 1.12. The molecule has 0 aromatic rings. The normalized spacial score (nSPS) is 17.3. The molecule has 0 aromatic heterocycles. The molecule has 21 heteroatoms. The van der Waals surface area contributed by atoms with Gasteiger partial charge in [0, 0.05) is 12.8 Å². The number of aliphatic hydroxyl groups is 4. The maximum Gasteiger partial charge on any atom is 2.00 e. The maximum atomic E-state index is 11.5. The Labute approximate surface area is 218 Å². The van der Waals surface area contributed by atoms with Gasteiger partial charge in [-0.2, -0.15) is 58.4 Å². The standard InChI is InChI=1S/2C5H6F6O2.C5H8N2.2Cu.H2N/c2*6-4(7,8)2(12)1-3(13)5(9,10)11;1-5-2-3-6-4-7-5;;;/h2*2-3,12-13H,1H2;2H,3-4H2,1H3;;;1H2/q;;-2;+1;+2;-1. The van der Waals surface area contributed by atoms with E-state index in [4.69, 9.17) is 20.4 Å². The SMILES string of the molecule is CC1=CC[N-]C[N-]1.OC(CC(O)C(F)(F)F)C(F)(F)F.OC(CC(O)C(F)(F)F)C(F)(F)F.[Cu+2].[Cu+].[NH2-]. The second-order valence-corrected chi connectivity index (χ2v) is 6.25. The number of halogens is 12. The van der Waals surface area contributed by atoms with Crippen LogP contribution in [0.3, 0.4) is 0 Å². The van der Waals surface area contributed by atoms with Crippen LogP contribution in [0.1, 0.15) is 19.8 Å². The van der Waals surface area contributed by atoms with Gasteiger partial charge in [0.25, 0.3) is 0 Å². The minimum absolute atomic E-state index is 0. The average molecular weight is 663 g/mol. The van der Waals surface area contributed by atoms with Crippen molar-refractivity contribution in [2.75, 3.05) is 13.2 Å². The van der Waals surface area contributed by atoms with E-state index in [-0.39, 0.29) is 40.3 Å². The van der Waals surface area contributed by atoms with E-state index in [2.05, 4.69) is 10.6 Å². The molecule has 1 rings (SSSR count). The van der Waals surface area contributed by atoms with E-state index in [9.17, 15) is 52.7 Å². The molecule has 4 unspecified atom stereocenters. The Bertz CT molecular complexity index is 516. The predicted octanol–water partition coefficient (Wildman–Crippen LogP) is 4.77. The van der Waals surface area contributed by atoms with E-state index >= 15 is 0 Å². The zero-order valence-corrected chi connectivity index (χ0v) is 19.5. The van der Waals surface area contributed by atoms with Crippen molar-refractivity contribution >= 4 is 0 Å². The summed E-state index contributed by atoms with van der Waals surface area (Å²) in [7, 11) is 0. The minimum atomic E-state index is -5.15. The first-order valence-electron chi connectivity index (χ1n) is 8.46. The number of alkyl halides is 12. The van der Waals surface area contributed by atoms with Crippen LogP contribution < -0.4 is 0 Å². The molecule has 0 saturated heterocycles. The van der Waals surface area contributed by atoms with E-state index in [0.29, 0.717) is 6.67 Å². The van der Waals surface area contributed by atoms with E-state index in [0.717, 1.165) is 12.2 Å². The molecule has 1 heterocycles. The van der Waals surface area contributed by atoms with Crippen LogP contribution in [-0.2, 0) is 34.1 Å². The summed E-state index contributed by atoms with van der Waals surface area (Å²) >= 11 is 0. The van der Waals surface area contributed by atoms with Crippen molar-refractivity contribution in [2.24, 2.45) is 0 Å². The molecule has 0 aliphatic carbocycles. The van der Waals surface area contributed by atoms with Crippen molar-refractivity contribution in [1.29, 1.82) is 0 Å². The third-order valence-corrected chi connectivity index (χ3v) is 3.34. The van der Waals surface area contributed by atoms with Crippen LogP contribution in [0.2, 0.25) is 0 Å². The van der Waals surface area contributed by atoms with Crippen molar-refractivity contribution in [1.82, 2.24) is 0 Å². The second kappa shape index (κ2) is 18.7. The van der Waals surface area contributed by atoms with Gasteiger partial charge in [-0.15, -0.1) is 12.6 Å². The Kier molecular flexibility index (Phi) is 23.6. The van der Waals surface area contributed by atoms with Gasteiger partial charge >= 0.3 is 58.8 Å². The Hall–Kier alpha value is -0.501. The zero-order chi connectivity index (χ0) is 26.8. The molecule has 0 fully saturated rings. The fourth-order valence-electron chi connectivity index (χ4n) is 1.44. The van der Waals surface area contributed by atoms with Gasteiger partial charge in [0.15, 0.2) is 24.4 Å². The van der Waals surface area contributed by atoms with Gasteiger partial charge in [-0.05, 0) is 0 Å². The third-order valence-electron chi connectivity index (χ3n) is 3.34. The summed E-state index contributed by atoms with van der Waals surface area (Å²) in [6, 6.07) is 0. The second-order valence-electron chi connectivity index (χ2n) is 6.25. The van der Waals surface area contributed by atoms with Gasteiger partial charge in [0.05, 0.1) is 0 Å². The monoisotopic (exact) mass is 662 g/mol. The summed E-state index contributed by atoms with van der Waals surface area (Å²) in [6.45, 7) is 3.52. The first-order valence-corrected chi connectivity index (χ1v) is 8.46. The number of allylic oxidation sites excluding steroid dienone is 1. The summed E-state index contributed by atoms with van der Waals surface area (Å²) in [4.78, 5) is 0. The Morgan fingerprint density at radius 1 is 0.694 bits per heavy atom. The van der Waals surface area contributed by atoms with Crippen molar-refractivity contribution in [3.63, 3.8) is 0 Å². The van der Waals surface area contributed by atoms with E-state index < -0.39 is 62.0 Å². The topological polar surface area (TPSA) is 143 Å². The molecule has 0 amide bonds. The first kappa shape index (κ1) is 45.4. The number of hydrogen-bond donors (Lipinski definition) is 4. The average Bonchev–Trinajstić information content (AvgIpc) is 2.60. The van der Waals surface area contributed by atoms with Gasteiger partial charge < -0.3 is 37.2 Å². The predicted molar refractivity (Wildman–Crippen MR) is 93.0 cm³/mol. The van der Waals surface area contributed by atoms with Gasteiger partial charge in [0.2, 0.25) is 0 Å². The fraction of sp³-hybridized carbons (Fsp3) is 0.867. The number of rotatable bonds is 4. The molecule has 6 N–H and O–H groups in total. The summed E-state index contributed by atoms with van der Waals surface area (Å²) in [5, 5.41) is 40.5. The van der Waals surface area contributed by atoms with E-state index in [1.54, 1.807) is 0 Å². The molecule has 7 nitrogen and oxygen atoms in total. The summed E-state index contributed by atoms with van der Waals surface area (Å²) < 4.78 is 138. The van der Waals surface area contributed by atoms with Crippen LogP contribution in [0.5, 0.6) is 0 Å². The first-order chi connectivity index (χ1) is 14.5. The van der Waals surface area contributed by atoms with Gasteiger partial charge in [0.1, 0.15) is 0 Å². The Morgan fingerprint density at radius 2 is 0.944 bits per heavy atom. The summed E-state index contributed by atoms with van der Waals surface area (Å²) in [5.74, 6) is 0. The number of aliphatic hydroxyl groups excluding tert-OH is 4. The molecule has 0 aromatic carbocycles. The molecule has 0 spiro atoms. The number of hydrogen-bond acceptors (Lipinski definition) is 4. The van der Waals surface area contributed by atoms with Crippen LogP contribution in [-0.4, -0.2) is 82.8 Å². The van der Waals surface area contributed by atoms with Crippen LogP contribution in [0.15, 0.2) is 11.8 Å². The molecule has 1 radical (unpaired) electrons. The maximum absolute atomic E-state index is 11.5. The molecule has 36 heavy (non-hydrogen) atoms. The molecule has 0 saturated carbocycles. The molecule has 4 atom stereocenters. The molecule has 227 valence electrons. The van der Waals surface area contributed by atoms with Crippen LogP contribution >= 0.6 is 0 Å². The largest absolute Gasteiger partial charge is 2.00 e. The van der Waals surface area contributed by atoms with Crippen LogP contribution in [0, 0.1) is 0 Å². The quantitative estimate of drug-likeness (QED) is 0.254. The molecular weight excluding hydrogens is 641 g/mol. The molecule has 0 bridgehead atoms. The zero-order valence-electron chi connectivity index (χ0n) is 17.6. The molecule has 1 aliphatic heterocycles. The van der Waals surface area contributed by atoms with Crippen molar-refractivity contribution < 1.29 is 107 Å². The summed E-state index contributed by atoms with van der Waals surface area (Å²) in [6.07, 6.45) is -34.8. The molecule has 1 aliphatic rings. The van der Waals surface area contributed by atoms with Gasteiger partial charge in [-0.25, -0.2) is 6.67 Å². The minimum Gasteiger partial charge on any atom is -0.706 e. The smallest absolute Gasteiger partial charge is 0.706 e. The Morgan fingerprint density at radius 3 is 1.06 bits per heavy atom. The van der Waals surface area contributed by atoms with E-state index in [1.807, 2.05) is 13.0 Å². The number of nitrogens with two attached hydrogens (primary N) is 1. The van der Waals surface area contributed by atoms with Crippen molar-refractivity contribution in [2.45, 2.75) is 68.9 Å². The van der Waals surface area contributed by atoms with Crippen LogP contribution in [0.4, 0.5) is 52.7 Å². The van der Waals surface area contributed by atoms with E-state index in [1.165, 1.54) is 0 Å². The number of nitrogens with zero attached hydrogens (tertiary/aromatic N) is 2. The molecular formula is C15H22Cu2F12N3O4. The van der Waals surface area contributed by atoms with Crippen molar-refractivity contribution in [3.05, 3.63) is 28.6 Å². The van der Waals surface area contributed by atoms with Gasteiger partial charge in [-0.1, -0.05) is 6.92 Å².